The van der Waals surface area contributed by atoms with Crippen molar-refractivity contribution < 1.29 is 4.74 Å². The Bertz CT molecular complexity index is 921. The lowest BCUT2D eigenvalue weighted by molar-refractivity contribution is 0.179. The second kappa shape index (κ2) is 7.61. The maximum Gasteiger partial charge on any atom is 0.205 e. The molecule has 0 amide bonds. The Hall–Kier alpha value is -2.52. The summed E-state index contributed by atoms with van der Waals surface area (Å²) in [6, 6.07) is 6.42. The molecule has 1 aromatic carbocycles. The predicted molar refractivity (Wildman–Crippen MR) is 109 cm³/mol. The Morgan fingerprint density at radius 2 is 1.89 bits per heavy atom. The molecule has 9 heteroatoms. The summed E-state index contributed by atoms with van der Waals surface area (Å²) in [5, 5.41) is 2.05. The van der Waals surface area contributed by atoms with Crippen LogP contribution in [-0.4, -0.2) is 66.7 Å². The lowest BCUT2D eigenvalue weighted by atomic mass is 10.1. The fourth-order valence-corrected chi connectivity index (χ4v) is 4.03. The number of hydrogen-bond donors (Lipinski definition) is 0. The van der Waals surface area contributed by atoms with E-state index in [0.717, 1.165) is 53.9 Å². The number of aromatic nitrogens is 4. The monoisotopic (exact) mass is 385 g/mol. The number of ether oxygens (including phenoxy) is 1. The van der Waals surface area contributed by atoms with Gasteiger partial charge in [-0.25, -0.2) is 15.0 Å². The lowest BCUT2D eigenvalue weighted by Crippen LogP contribution is -2.46. The van der Waals surface area contributed by atoms with Gasteiger partial charge in [0.05, 0.1) is 5.52 Å². The summed E-state index contributed by atoms with van der Waals surface area (Å²) >= 11 is 1.44. The Balaban J connectivity index is 1.50. The smallest absolute Gasteiger partial charge is 0.205 e. The Labute approximate surface area is 162 Å². The van der Waals surface area contributed by atoms with E-state index < -0.39 is 0 Å². The van der Waals surface area contributed by atoms with E-state index >= 15 is 0 Å². The summed E-state index contributed by atoms with van der Waals surface area (Å²) in [6.07, 6.45) is 1.62. The quantitative estimate of drug-likeness (QED) is 0.661. The number of hydrogen-bond acceptors (Lipinski definition) is 9. The van der Waals surface area contributed by atoms with Crippen LogP contribution in [0.3, 0.4) is 0 Å². The number of rotatable bonds is 5. The van der Waals surface area contributed by atoms with Gasteiger partial charge in [-0.05, 0) is 18.2 Å². The number of anilines is 3. The van der Waals surface area contributed by atoms with Crippen molar-refractivity contribution in [3.63, 3.8) is 0 Å². The summed E-state index contributed by atoms with van der Waals surface area (Å²) in [4.78, 5) is 20.1. The first kappa shape index (κ1) is 17.9. The number of fused-ring (bicyclic) bond motifs is 1. The third kappa shape index (κ3) is 3.65. The first-order valence-corrected chi connectivity index (χ1v) is 9.66. The van der Waals surface area contributed by atoms with Crippen molar-refractivity contribution >= 4 is 39.1 Å². The molecule has 0 unspecified atom stereocenters. The fraction of sp³-hybridized carbons (Fsp3) is 0.444. The maximum atomic E-state index is 5.11. The number of benzene rings is 1. The zero-order chi connectivity index (χ0) is 18.8. The number of nitrogens with zero attached hydrogens (tertiary/aromatic N) is 7. The summed E-state index contributed by atoms with van der Waals surface area (Å²) in [7, 11) is 5.68. The second-order valence-electron chi connectivity index (χ2n) is 6.69. The second-order valence-corrected chi connectivity index (χ2v) is 7.42. The van der Waals surface area contributed by atoms with Gasteiger partial charge < -0.3 is 19.4 Å². The predicted octanol–water partition coefficient (Wildman–Crippen LogP) is 2.02. The van der Waals surface area contributed by atoms with E-state index in [9.17, 15) is 0 Å². The van der Waals surface area contributed by atoms with Crippen LogP contribution in [0.4, 0.5) is 16.6 Å². The summed E-state index contributed by atoms with van der Waals surface area (Å²) in [5.41, 5.74) is 2.17. The third-order valence-electron chi connectivity index (χ3n) is 4.67. The molecule has 1 saturated heterocycles. The van der Waals surface area contributed by atoms with Crippen molar-refractivity contribution in [3.8, 4) is 0 Å². The number of piperazine rings is 1. The average molecular weight is 385 g/mol. The molecule has 1 aliphatic rings. The van der Waals surface area contributed by atoms with Crippen LogP contribution in [0.25, 0.3) is 10.9 Å². The van der Waals surface area contributed by atoms with E-state index in [0.29, 0.717) is 6.61 Å². The van der Waals surface area contributed by atoms with Gasteiger partial charge in [0.25, 0.3) is 0 Å². The molecule has 3 aromatic rings. The van der Waals surface area contributed by atoms with Gasteiger partial charge in [0.1, 0.15) is 18.8 Å². The first-order valence-electron chi connectivity index (χ1n) is 8.89. The minimum atomic E-state index is 0.462. The first-order chi connectivity index (χ1) is 13.2. The van der Waals surface area contributed by atoms with Crippen LogP contribution in [0.1, 0.15) is 5.82 Å². The van der Waals surface area contributed by atoms with Gasteiger partial charge in [-0.2, -0.15) is 4.37 Å². The summed E-state index contributed by atoms with van der Waals surface area (Å²) in [5.74, 6) is 1.70. The zero-order valence-corrected chi connectivity index (χ0v) is 16.6. The zero-order valence-electron chi connectivity index (χ0n) is 15.8. The molecular formula is C18H23N7OS. The van der Waals surface area contributed by atoms with E-state index in [1.165, 1.54) is 17.2 Å². The average Bonchev–Trinajstić information content (AvgIpc) is 3.16. The van der Waals surface area contributed by atoms with Crippen LogP contribution in [0, 0.1) is 0 Å². The van der Waals surface area contributed by atoms with E-state index in [-0.39, 0.29) is 0 Å². The molecule has 0 N–H and O–H groups in total. The third-order valence-corrected chi connectivity index (χ3v) is 5.48. The molecule has 1 aliphatic heterocycles. The van der Waals surface area contributed by atoms with Crippen LogP contribution in [0.5, 0.6) is 0 Å². The summed E-state index contributed by atoms with van der Waals surface area (Å²) < 4.78 is 9.46. The van der Waals surface area contributed by atoms with E-state index in [1.807, 2.05) is 19.0 Å². The van der Waals surface area contributed by atoms with Crippen molar-refractivity contribution in [1.82, 2.24) is 19.3 Å². The number of methoxy groups -OCH3 is 1. The SMILES string of the molecule is COCc1nsc(N2CCN(c3ccc4ncnc(N(C)C)c4c3)CC2)n1. The van der Waals surface area contributed by atoms with Crippen molar-refractivity contribution in [2.45, 2.75) is 6.61 Å². The van der Waals surface area contributed by atoms with Gasteiger partial charge >= 0.3 is 0 Å². The Kier molecular flexibility index (Phi) is 5.04. The normalized spacial score (nSPS) is 14.8. The van der Waals surface area contributed by atoms with Gasteiger partial charge in [0.2, 0.25) is 5.13 Å². The molecule has 142 valence electrons. The highest BCUT2D eigenvalue weighted by atomic mass is 32.1. The Morgan fingerprint density at radius 1 is 1.11 bits per heavy atom. The van der Waals surface area contributed by atoms with Crippen molar-refractivity contribution in [2.24, 2.45) is 0 Å². The largest absolute Gasteiger partial charge is 0.377 e. The molecule has 0 spiro atoms. The molecule has 4 rings (SSSR count). The highest BCUT2D eigenvalue weighted by Gasteiger charge is 2.21. The van der Waals surface area contributed by atoms with E-state index in [2.05, 4.69) is 47.3 Å². The Morgan fingerprint density at radius 3 is 2.63 bits per heavy atom. The minimum absolute atomic E-state index is 0.462. The van der Waals surface area contributed by atoms with E-state index in [1.54, 1.807) is 13.4 Å². The highest BCUT2D eigenvalue weighted by molar-refractivity contribution is 7.09. The van der Waals surface area contributed by atoms with Gasteiger partial charge in [-0.3, -0.25) is 0 Å². The van der Waals surface area contributed by atoms with Crippen LogP contribution >= 0.6 is 11.5 Å². The molecule has 1 fully saturated rings. The molecule has 0 bridgehead atoms. The van der Waals surface area contributed by atoms with Crippen molar-refractivity contribution in [3.05, 3.63) is 30.4 Å². The molecule has 27 heavy (non-hydrogen) atoms. The van der Waals surface area contributed by atoms with Gasteiger partial charge in [0, 0.05) is 70.0 Å². The van der Waals surface area contributed by atoms with Gasteiger partial charge in [-0.1, -0.05) is 0 Å². The van der Waals surface area contributed by atoms with Crippen LogP contribution in [0.2, 0.25) is 0 Å². The molecule has 0 radical (unpaired) electrons. The fourth-order valence-electron chi connectivity index (χ4n) is 3.30. The van der Waals surface area contributed by atoms with Crippen LogP contribution in [-0.2, 0) is 11.3 Å². The lowest BCUT2D eigenvalue weighted by Gasteiger charge is -2.36. The van der Waals surface area contributed by atoms with Crippen LogP contribution in [0.15, 0.2) is 24.5 Å². The van der Waals surface area contributed by atoms with Gasteiger partial charge in [0.15, 0.2) is 5.82 Å². The van der Waals surface area contributed by atoms with Gasteiger partial charge in [-0.15, -0.1) is 0 Å². The molecule has 0 aliphatic carbocycles. The molecule has 0 atom stereocenters. The summed E-state index contributed by atoms with van der Waals surface area (Å²) in [6.45, 7) is 4.19. The molecule has 2 aromatic heterocycles. The standard InChI is InChI=1S/C18H23N7OS/c1-23(2)17-14-10-13(4-5-15(14)19-12-20-17)24-6-8-25(9-7-24)18-21-16(11-26-3)22-27-18/h4-5,10,12H,6-9,11H2,1-3H3. The van der Waals surface area contributed by atoms with Crippen molar-refractivity contribution in [2.75, 3.05) is 62.1 Å². The molecule has 0 saturated carbocycles. The van der Waals surface area contributed by atoms with E-state index in [4.69, 9.17) is 4.74 Å². The molecule has 8 nitrogen and oxygen atoms in total. The highest BCUT2D eigenvalue weighted by Crippen LogP contribution is 2.28. The molecular weight excluding hydrogens is 362 g/mol. The van der Waals surface area contributed by atoms with Crippen molar-refractivity contribution in [1.29, 1.82) is 0 Å². The topological polar surface area (TPSA) is 70.5 Å². The maximum absolute atomic E-state index is 5.11. The minimum Gasteiger partial charge on any atom is -0.377 e. The van der Waals surface area contributed by atoms with Crippen LogP contribution < -0.4 is 14.7 Å². The molecule has 3 heterocycles.